The first-order chi connectivity index (χ1) is 13.7. The van der Waals surface area contributed by atoms with Crippen molar-refractivity contribution in [3.05, 3.63) is 58.9 Å². The first-order valence-corrected chi connectivity index (χ1v) is 9.37. The number of aryl methyl sites for hydroxylation is 2. The number of likely N-dealkylation sites (tertiary alicyclic amines) is 1. The summed E-state index contributed by atoms with van der Waals surface area (Å²) in [6, 6.07) is 5.66. The molecule has 1 aromatic heterocycles. The maximum atomic E-state index is 12.9. The molecule has 1 N–H and O–H groups in total. The minimum absolute atomic E-state index is 0.122. The summed E-state index contributed by atoms with van der Waals surface area (Å²) in [4.78, 5) is 18.0. The molecule has 0 saturated carbocycles. The fourth-order valence-electron chi connectivity index (χ4n) is 3.70. The fraction of sp³-hybridized carbons (Fsp3) is 0.429. The predicted octanol–water partition coefficient (Wildman–Crippen LogP) is 3.81. The van der Waals surface area contributed by atoms with Gasteiger partial charge in [0.1, 0.15) is 12.4 Å². The number of rotatable bonds is 5. The van der Waals surface area contributed by atoms with E-state index in [1.54, 1.807) is 38.4 Å². The van der Waals surface area contributed by atoms with Crippen molar-refractivity contribution in [2.75, 3.05) is 6.54 Å². The summed E-state index contributed by atoms with van der Waals surface area (Å²) < 4.78 is 44.7. The molecule has 0 spiro atoms. The standard InChI is InChI=1S/C21H23F3N2O3/c1-13-9-16(10-14(2)18(13)29-12-15-5-3-7-25-11-15)20(28)26-8-4-6-17(26)19(27)21(22,23)24/h3,5,7,9-11,17,19,27H,4,6,8,12H2,1-2H3/t17-,19+/m0/s1. The van der Waals surface area contributed by atoms with Gasteiger partial charge in [0.25, 0.3) is 5.91 Å². The van der Waals surface area contributed by atoms with Crippen molar-refractivity contribution in [1.29, 1.82) is 0 Å². The Morgan fingerprint density at radius 2 is 2.03 bits per heavy atom. The number of hydrogen-bond donors (Lipinski definition) is 1. The van der Waals surface area contributed by atoms with Crippen LogP contribution in [0.25, 0.3) is 0 Å². The minimum Gasteiger partial charge on any atom is -0.488 e. The van der Waals surface area contributed by atoms with Crippen LogP contribution in [0.2, 0.25) is 0 Å². The number of carbonyl (C=O) groups is 1. The van der Waals surface area contributed by atoms with Crippen LogP contribution in [0.5, 0.6) is 5.75 Å². The molecule has 1 aliphatic rings. The van der Waals surface area contributed by atoms with E-state index in [0.717, 1.165) is 10.5 Å². The molecule has 2 aromatic rings. The van der Waals surface area contributed by atoms with E-state index in [2.05, 4.69) is 4.98 Å². The number of pyridine rings is 1. The van der Waals surface area contributed by atoms with Crippen molar-refractivity contribution in [1.82, 2.24) is 9.88 Å². The number of aromatic nitrogens is 1. The van der Waals surface area contributed by atoms with E-state index in [0.29, 0.717) is 29.9 Å². The Morgan fingerprint density at radius 3 is 2.62 bits per heavy atom. The molecule has 1 aromatic carbocycles. The number of alkyl halides is 3. The molecule has 2 heterocycles. The van der Waals surface area contributed by atoms with Crippen molar-refractivity contribution in [2.45, 2.75) is 51.6 Å². The van der Waals surface area contributed by atoms with Crippen molar-refractivity contribution in [3.8, 4) is 5.75 Å². The number of aliphatic hydroxyl groups is 1. The Labute approximate surface area is 167 Å². The Hall–Kier alpha value is -2.61. The molecule has 8 heteroatoms. The van der Waals surface area contributed by atoms with E-state index >= 15 is 0 Å². The zero-order valence-electron chi connectivity index (χ0n) is 16.2. The van der Waals surface area contributed by atoms with Crippen LogP contribution in [0.1, 0.15) is 39.9 Å². The number of nitrogens with zero attached hydrogens (tertiary/aromatic N) is 2. The highest BCUT2D eigenvalue weighted by atomic mass is 19.4. The molecule has 1 saturated heterocycles. The largest absolute Gasteiger partial charge is 0.488 e. The molecule has 0 bridgehead atoms. The van der Waals surface area contributed by atoms with Crippen LogP contribution in [0.15, 0.2) is 36.7 Å². The molecule has 0 unspecified atom stereocenters. The molecule has 0 aliphatic carbocycles. The zero-order valence-corrected chi connectivity index (χ0v) is 16.2. The zero-order chi connectivity index (χ0) is 21.2. The molecule has 0 radical (unpaired) electrons. The van der Waals surface area contributed by atoms with Gasteiger partial charge >= 0.3 is 6.18 Å². The quantitative estimate of drug-likeness (QED) is 0.818. The lowest BCUT2D eigenvalue weighted by molar-refractivity contribution is -0.216. The normalized spacial score (nSPS) is 18.0. The molecule has 1 aliphatic heterocycles. The summed E-state index contributed by atoms with van der Waals surface area (Å²) in [5.74, 6) is 0.111. The van der Waals surface area contributed by atoms with Crippen LogP contribution in [0, 0.1) is 13.8 Å². The second kappa shape index (κ2) is 8.41. The lowest BCUT2D eigenvalue weighted by Gasteiger charge is -2.30. The van der Waals surface area contributed by atoms with Crippen molar-refractivity contribution in [3.63, 3.8) is 0 Å². The third-order valence-electron chi connectivity index (χ3n) is 5.07. The highest BCUT2D eigenvalue weighted by Crippen LogP contribution is 2.33. The van der Waals surface area contributed by atoms with E-state index in [1.165, 1.54) is 0 Å². The van der Waals surface area contributed by atoms with E-state index in [1.807, 2.05) is 12.1 Å². The highest BCUT2D eigenvalue weighted by molar-refractivity contribution is 5.95. The topological polar surface area (TPSA) is 62.7 Å². The average Bonchev–Trinajstić information content (AvgIpc) is 3.15. The highest BCUT2D eigenvalue weighted by Gasteiger charge is 2.48. The number of benzene rings is 1. The lowest BCUT2D eigenvalue weighted by Crippen LogP contribution is -2.49. The second-order valence-corrected chi connectivity index (χ2v) is 7.28. The molecular weight excluding hydrogens is 385 g/mol. The molecule has 2 atom stereocenters. The molecule has 1 fully saturated rings. The van der Waals surface area contributed by atoms with Crippen LogP contribution < -0.4 is 4.74 Å². The maximum absolute atomic E-state index is 12.9. The molecule has 156 valence electrons. The van der Waals surface area contributed by atoms with Gasteiger partial charge in [-0.2, -0.15) is 13.2 Å². The Morgan fingerprint density at radius 1 is 1.34 bits per heavy atom. The molecule has 1 amide bonds. The van der Waals surface area contributed by atoms with Crippen molar-refractivity contribution in [2.24, 2.45) is 0 Å². The van der Waals surface area contributed by atoms with Gasteiger partial charge in [-0.05, 0) is 56.0 Å². The summed E-state index contributed by atoms with van der Waals surface area (Å²) in [5, 5.41) is 9.64. The Kier molecular flexibility index (Phi) is 6.12. The second-order valence-electron chi connectivity index (χ2n) is 7.28. The third-order valence-corrected chi connectivity index (χ3v) is 5.07. The molecule has 5 nitrogen and oxygen atoms in total. The molecular formula is C21H23F3N2O3. The number of ether oxygens (including phenoxy) is 1. The van der Waals surface area contributed by atoms with Crippen LogP contribution in [0.3, 0.4) is 0 Å². The number of amides is 1. The van der Waals surface area contributed by atoms with Gasteiger partial charge in [0.15, 0.2) is 6.10 Å². The van der Waals surface area contributed by atoms with Gasteiger partial charge in [-0.25, -0.2) is 0 Å². The van der Waals surface area contributed by atoms with Crippen LogP contribution in [-0.2, 0) is 6.61 Å². The van der Waals surface area contributed by atoms with E-state index in [-0.39, 0.29) is 18.5 Å². The summed E-state index contributed by atoms with van der Waals surface area (Å²) in [7, 11) is 0. The van der Waals surface area contributed by atoms with Crippen molar-refractivity contribution >= 4 is 5.91 Å². The van der Waals surface area contributed by atoms with E-state index in [4.69, 9.17) is 4.74 Å². The van der Waals surface area contributed by atoms with E-state index < -0.39 is 24.2 Å². The SMILES string of the molecule is Cc1cc(C(=O)N2CCC[C@H]2[C@@H](O)C(F)(F)F)cc(C)c1OCc1cccnc1. The van der Waals surface area contributed by atoms with Crippen molar-refractivity contribution < 1.29 is 27.8 Å². The van der Waals surface area contributed by atoms with Gasteiger partial charge < -0.3 is 14.7 Å². The van der Waals surface area contributed by atoms with Crippen LogP contribution in [0.4, 0.5) is 13.2 Å². The number of hydrogen-bond acceptors (Lipinski definition) is 4. The predicted molar refractivity (Wildman–Crippen MR) is 101 cm³/mol. The summed E-state index contributed by atoms with van der Waals surface area (Å²) in [6.07, 6.45) is -3.39. The van der Waals surface area contributed by atoms with Crippen LogP contribution in [-0.4, -0.2) is 45.8 Å². The first-order valence-electron chi connectivity index (χ1n) is 9.37. The summed E-state index contributed by atoms with van der Waals surface area (Å²) in [5.41, 5.74) is 2.61. The van der Waals surface area contributed by atoms with Gasteiger partial charge in [0, 0.05) is 30.1 Å². The number of aliphatic hydroxyl groups excluding tert-OH is 1. The van der Waals surface area contributed by atoms with Gasteiger partial charge in [-0.1, -0.05) is 6.07 Å². The average molecular weight is 408 g/mol. The van der Waals surface area contributed by atoms with Gasteiger partial charge in [0.05, 0.1) is 6.04 Å². The summed E-state index contributed by atoms with van der Waals surface area (Å²) >= 11 is 0. The minimum atomic E-state index is -4.76. The van der Waals surface area contributed by atoms with Gasteiger partial charge in [-0.3, -0.25) is 9.78 Å². The third kappa shape index (κ3) is 4.70. The maximum Gasteiger partial charge on any atom is 0.416 e. The van der Waals surface area contributed by atoms with Gasteiger partial charge in [0.2, 0.25) is 0 Å². The molecule has 3 rings (SSSR count). The first kappa shape index (κ1) is 21.1. The Bertz CT molecular complexity index is 848. The smallest absolute Gasteiger partial charge is 0.416 e. The fourth-order valence-corrected chi connectivity index (χ4v) is 3.70. The number of halogens is 3. The lowest BCUT2D eigenvalue weighted by atomic mass is 10.0. The number of carbonyl (C=O) groups excluding carboxylic acids is 1. The summed E-state index contributed by atoms with van der Waals surface area (Å²) in [6.45, 7) is 4.07. The van der Waals surface area contributed by atoms with Gasteiger partial charge in [-0.15, -0.1) is 0 Å². The van der Waals surface area contributed by atoms with Crippen LogP contribution >= 0.6 is 0 Å². The molecule has 29 heavy (non-hydrogen) atoms. The van der Waals surface area contributed by atoms with E-state index in [9.17, 15) is 23.1 Å². The Balaban J connectivity index is 1.78. The monoisotopic (exact) mass is 408 g/mol.